The van der Waals surface area contributed by atoms with Crippen molar-refractivity contribution in [1.82, 2.24) is 10.2 Å². The van der Waals surface area contributed by atoms with Crippen molar-refractivity contribution in [2.75, 3.05) is 20.1 Å². The SMILES string of the molecule is CN1CCCC(NCc2cccc(Cl)c2)CC1. The summed E-state index contributed by atoms with van der Waals surface area (Å²) in [6, 6.07) is 8.75. The van der Waals surface area contributed by atoms with E-state index in [1.807, 2.05) is 18.2 Å². The molecule has 1 aromatic rings. The second kappa shape index (κ2) is 6.39. The third-order valence-electron chi connectivity index (χ3n) is 3.44. The Balaban J connectivity index is 1.81. The van der Waals surface area contributed by atoms with Crippen molar-refractivity contribution >= 4 is 11.6 Å². The molecule has 1 unspecified atom stereocenters. The highest BCUT2D eigenvalue weighted by molar-refractivity contribution is 6.30. The summed E-state index contributed by atoms with van der Waals surface area (Å²) in [7, 11) is 2.21. The van der Waals surface area contributed by atoms with Crippen LogP contribution in [-0.4, -0.2) is 31.1 Å². The van der Waals surface area contributed by atoms with E-state index in [-0.39, 0.29) is 0 Å². The molecule has 1 heterocycles. The first-order chi connectivity index (χ1) is 8.24. The molecule has 0 radical (unpaired) electrons. The minimum Gasteiger partial charge on any atom is -0.310 e. The monoisotopic (exact) mass is 252 g/mol. The van der Waals surface area contributed by atoms with Crippen molar-refractivity contribution in [3.05, 3.63) is 34.9 Å². The maximum Gasteiger partial charge on any atom is 0.0409 e. The fraction of sp³-hybridized carbons (Fsp3) is 0.571. The third-order valence-corrected chi connectivity index (χ3v) is 3.67. The summed E-state index contributed by atoms with van der Waals surface area (Å²) in [5.41, 5.74) is 1.27. The number of nitrogens with zero attached hydrogens (tertiary/aromatic N) is 1. The molecule has 0 amide bonds. The fourth-order valence-corrected chi connectivity index (χ4v) is 2.57. The minimum atomic E-state index is 0.652. The maximum atomic E-state index is 5.98. The highest BCUT2D eigenvalue weighted by atomic mass is 35.5. The molecule has 0 aliphatic carbocycles. The Morgan fingerprint density at radius 3 is 3.06 bits per heavy atom. The molecule has 0 saturated carbocycles. The van der Waals surface area contributed by atoms with E-state index in [1.54, 1.807) is 0 Å². The molecule has 1 atom stereocenters. The molecular weight excluding hydrogens is 232 g/mol. The minimum absolute atomic E-state index is 0.652. The van der Waals surface area contributed by atoms with Crippen LogP contribution in [0.15, 0.2) is 24.3 Å². The van der Waals surface area contributed by atoms with Gasteiger partial charge in [0.25, 0.3) is 0 Å². The van der Waals surface area contributed by atoms with E-state index in [0.29, 0.717) is 6.04 Å². The maximum absolute atomic E-state index is 5.98. The predicted molar refractivity (Wildman–Crippen MR) is 73.4 cm³/mol. The van der Waals surface area contributed by atoms with Gasteiger partial charge in [0.1, 0.15) is 0 Å². The zero-order valence-corrected chi connectivity index (χ0v) is 11.2. The van der Waals surface area contributed by atoms with Crippen LogP contribution in [0.4, 0.5) is 0 Å². The van der Waals surface area contributed by atoms with E-state index in [0.717, 1.165) is 11.6 Å². The van der Waals surface area contributed by atoms with Crippen molar-refractivity contribution in [3.63, 3.8) is 0 Å². The Kier molecular flexibility index (Phi) is 4.84. The molecule has 1 aromatic carbocycles. The van der Waals surface area contributed by atoms with Crippen LogP contribution in [0.25, 0.3) is 0 Å². The summed E-state index contributed by atoms with van der Waals surface area (Å²) >= 11 is 5.98. The van der Waals surface area contributed by atoms with Gasteiger partial charge in [-0.1, -0.05) is 23.7 Å². The smallest absolute Gasteiger partial charge is 0.0409 e. The number of rotatable bonds is 3. The van der Waals surface area contributed by atoms with Gasteiger partial charge in [-0.3, -0.25) is 0 Å². The normalized spacial score (nSPS) is 22.4. The Bertz CT molecular complexity index is 354. The molecular formula is C14H21ClN2. The number of nitrogens with one attached hydrogen (secondary N) is 1. The van der Waals surface area contributed by atoms with Crippen LogP contribution in [0.5, 0.6) is 0 Å². The summed E-state index contributed by atoms with van der Waals surface area (Å²) in [6.45, 7) is 3.36. The summed E-state index contributed by atoms with van der Waals surface area (Å²) < 4.78 is 0. The van der Waals surface area contributed by atoms with Crippen LogP contribution in [0.3, 0.4) is 0 Å². The molecule has 1 aliphatic heterocycles. The first-order valence-electron chi connectivity index (χ1n) is 6.40. The highest BCUT2D eigenvalue weighted by Gasteiger charge is 2.13. The Hall–Kier alpha value is -0.570. The molecule has 2 rings (SSSR count). The second-order valence-corrected chi connectivity index (χ2v) is 5.38. The molecule has 1 saturated heterocycles. The van der Waals surface area contributed by atoms with E-state index >= 15 is 0 Å². The first kappa shape index (κ1) is 12.9. The largest absolute Gasteiger partial charge is 0.310 e. The topological polar surface area (TPSA) is 15.3 Å². The lowest BCUT2D eigenvalue weighted by Crippen LogP contribution is -2.29. The fourth-order valence-electron chi connectivity index (χ4n) is 2.35. The summed E-state index contributed by atoms with van der Waals surface area (Å²) in [6.07, 6.45) is 3.83. The molecule has 0 bridgehead atoms. The number of likely N-dealkylation sites (tertiary alicyclic amines) is 1. The molecule has 0 spiro atoms. The molecule has 17 heavy (non-hydrogen) atoms. The number of hydrogen-bond donors (Lipinski definition) is 1. The van der Waals surface area contributed by atoms with Crippen LogP contribution < -0.4 is 5.32 Å². The van der Waals surface area contributed by atoms with E-state index in [2.05, 4.69) is 23.3 Å². The predicted octanol–water partition coefficient (Wildman–Crippen LogP) is 2.91. The van der Waals surface area contributed by atoms with E-state index in [4.69, 9.17) is 11.6 Å². The van der Waals surface area contributed by atoms with Gasteiger partial charge in [0, 0.05) is 17.6 Å². The lowest BCUT2D eigenvalue weighted by molar-refractivity contribution is 0.343. The van der Waals surface area contributed by atoms with Gasteiger partial charge < -0.3 is 10.2 Å². The summed E-state index contributed by atoms with van der Waals surface area (Å²) in [5, 5.41) is 4.46. The van der Waals surface area contributed by atoms with Crippen molar-refractivity contribution < 1.29 is 0 Å². The molecule has 94 valence electrons. The van der Waals surface area contributed by atoms with Crippen LogP contribution in [0.1, 0.15) is 24.8 Å². The average molecular weight is 253 g/mol. The van der Waals surface area contributed by atoms with Crippen LogP contribution in [0.2, 0.25) is 5.02 Å². The Morgan fingerprint density at radius 1 is 1.35 bits per heavy atom. The van der Waals surface area contributed by atoms with Crippen LogP contribution >= 0.6 is 11.6 Å². The molecule has 1 fully saturated rings. The van der Waals surface area contributed by atoms with Gasteiger partial charge in [-0.15, -0.1) is 0 Å². The summed E-state index contributed by atoms with van der Waals surface area (Å²) in [4.78, 5) is 2.42. The standard InChI is InChI=1S/C14H21ClN2/c1-17-8-3-6-14(7-9-17)16-11-12-4-2-5-13(15)10-12/h2,4-5,10,14,16H,3,6-9,11H2,1H3. The molecule has 3 heteroatoms. The van der Waals surface area contributed by atoms with Gasteiger partial charge in [-0.05, 0) is 57.1 Å². The first-order valence-corrected chi connectivity index (χ1v) is 6.78. The average Bonchev–Trinajstić information content (AvgIpc) is 2.52. The van der Waals surface area contributed by atoms with Crippen molar-refractivity contribution in [3.8, 4) is 0 Å². The van der Waals surface area contributed by atoms with Gasteiger partial charge in [0.2, 0.25) is 0 Å². The highest BCUT2D eigenvalue weighted by Crippen LogP contribution is 2.13. The molecule has 2 nitrogen and oxygen atoms in total. The summed E-state index contributed by atoms with van der Waals surface area (Å²) in [5.74, 6) is 0. The molecule has 0 aromatic heterocycles. The third kappa shape index (κ3) is 4.30. The Labute approximate surface area is 109 Å². The van der Waals surface area contributed by atoms with Gasteiger partial charge in [0.15, 0.2) is 0 Å². The van der Waals surface area contributed by atoms with Gasteiger partial charge in [-0.2, -0.15) is 0 Å². The second-order valence-electron chi connectivity index (χ2n) is 4.94. The number of benzene rings is 1. The lowest BCUT2D eigenvalue weighted by atomic mass is 10.1. The van der Waals surface area contributed by atoms with E-state index < -0.39 is 0 Å². The lowest BCUT2D eigenvalue weighted by Gasteiger charge is -2.16. The van der Waals surface area contributed by atoms with Gasteiger partial charge in [-0.25, -0.2) is 0 Å². The van der Waals surface area contributed by atoms with E-state index in [9.17, 15) is 0 Å². The number of hydrogen-bond acceptors (Lipinski definition) is 2. The Morgan fingerprint density at radius 2 is 2.24 bits per heavy atom. The zero-order chi connectivity index (χ0) is 12.1. The van der Waals surface area contributed by atoms with E-state index in [1.165, 1.54) is 37.9 Å². The van der Waals surface area contributed by atoms with Crippen molar-refractivity contribution in [2.24, 2.45) is 0 Å². The van der Waals surface area contributed by atoms with Crippen LogP contribution in [-0.2, 0) is 6.54 Å². The zero-order valence-electron chi connectivity index (χ0n) is 10.5. The molecule has 1 aliphatic rings. The van der Waals surface area contributed by atoms with Gasteiger partial charge >= 0.3 is 0 Å². The van der Waals surface area contributed by atoms with Crippen molar-refractivity contribution in [1.29, 1.82) is 0 Å². The van der Waals surface area contributed by atoms with Crippen LogP contribution in [0, 0.1) is 0 Å². The van der Waals surface area contributed by atoms with Crippen molar-refractivity contribution in [2.45, 2.75) is 31.8 Å². The number of halogens is 1. The van der Waals surface area contributed by atoms with Gasteiger partial charge in [0.05, 0.1) is 0 Å². The quantitative estimate of drug-likeness (QED) is 0.890. The molecule has 1 N–H and O–H groups in total.